The lowest BCUT2D eigenvalue weighted by molar-refractivity contribution is 0.995. The number of aryl methyl sites for hydroxylation is 1. The van der Waals surface area contributed by atoms with Gasteiger partial charge in [0, 0.05) is 12.7 Å². The molecule has 6 heteroatoms. The van der Waals surface area contributed by atoms with Crippen LogP contribution in [-0.2, 0) is 0 Å². The smallest absolute Gasteiger partial charge is 0.351 e. The number of nitrogens with zero attached hydrogens (tertiary/aromatic N) is 2. The van der Waals surface area contributed by atoms with E-state index in [1.165, 1.54) is 5.56 Å². The molecular weight excluding hydrogens is 218 g/mol. The van der Waals surface area contributed by atoms with Gasteiger partial charge in [0.25, 0.3) is 0 Å². The average molecular weight is 231 g/mol. The zero-order chi connectivity index (χ0) is 12.3. The van der Waals surface area contributed by atoms with Gasteiger partial charge in [0.05, 0.1) is 0 Å². The predicted octanol–water partition coefficient (Wildman–Crippen LogP) is 1.26. The largest absolute Gasteiger partial charge is 0.357 e. The number of anilines is 3. The van der Waals surface area contributed by atoms with E-state index < -0.39 is 5.69 Å². The Balaban J connectivity index is 2.26. The van der Waals surface area contributed by atoms with Crippen LogP contribution in [0.3, 0.4) is 0 Å². The van der Waals surface area contributed by atoms with Crippen LogP contribution in [0, 0.1) is 6.92 Å². The van der Waals surface area contributed by atoms with Crippen LogP contribution in [0.4, 0.5) is 17.6 Å². The van der Waals surface area contributed by atoms with E-state index >= 15 is 0 Å². The van der Waals surface area contributed by atoms with Gasteiger partial charge in [-0.1, -0.05) is 17.7 Å². The Hall–Kier alpha value is -2.37. The van der Waals surface area contributed by atoms with Crippen LogP contribution in [0.2, 0.25) is 0 Å². The van der Waals surface area contributed by atoms with E-state index in [0.29, 0.717) is 5.95 Å². The number of benzene rings is 1. The number of H-pyrrole nitrogens is 1. The summed E-state index contributed by atoms with van der Waals surface area (Å²) in [6.45, 7) is 2.01. The Bertz CT molecular complexity index is 561. The van der Waals surface area contributed by atoms with E-state index in [0.717, 1.165) is 5.69 Å². The molecular formula is C11H13N5O. The monoisotopic (exact) mass is 231 g/mol. The van der Waals surface area contributed by atoms with Gasteiger partial charge in [-0.15, -0.1) is 0 Å². The molecule has 0 unspecified atom stereocenters. The van der Waals surface area contributed by atoms with E-state index in [1.807, 2.05) is 31.2 Å². The minimum Gasteiger partial charge on any atom is -0.357 e. The molecule has 2 aromatic rings. The van der Waals surface area contributed by atoms with Gasteiger partial charge in [-0.05, 0) is 19.1 Å². The maximum atomic E-state index is 11.2. The van der Waals surface area contributed by atoms with Crippen LogP contribution < -0.4 is 16.3 Å². The molecule has 3 N–H and O–H groups in total. The van der Waals surface area contributed by atoms with Crippen LogP contribution in [0.25, 0.3) is 0 Å². The van der Waals surface area contributed by atoms with Gasteiger partial charge in [-0.3, -0.25) is 4.98 Å². The Morgan fingerprint density at radius 1 is 1.18 bits per heavy atom. The van der Waals surface area contributed by atoms with E-state index in [4.69, 9.17) is 0 Å². The van der Waals surface area contributed by atoms with Crippen LogP contribution in [0.15, 0.2) is 29.1 Å². The summed E-state index contributed by atoms with van der Waals surface area (Å²) in [6, 6.07) is 7.77. The molecule has 0 amide bonds. The van der Waals surface area contributed by atoms with Crippen molar-refractivity contribution in [2.75, 3.05) is 17.7 Å². The summed E-state index contributed by atoms with van der Waals surface area (Å²) >= 11 is 0. The third-order valence-electron chi connectivity index (χ3n) is 2.19. The highest BCUT2D eigenvalue weighted by Gasteiger charge is 2.01. The van der Waals surface area contributed by atoms with Crippen molar-refractivity contribution in [3.05, 3.63) is 40.3 Å². The molecule has 1 aromatic carbocycles. The number of hydrogen-bond donors (Lipinski definition) is 3. The fourth-order valence-corrected chi connectivity index (χ4v) is 1.33. The first-order valence-electron chi connectivity index (χ1n) is 5.17. The first-order valence-corrected chi connectivity index (χ1v) is 5.17. The maximum absolute atomic E-state index is 11.2. The van der Waals surface area contributed by atoms with Crippen molar-refractivity contribution < 1.29 is 0 Å². The number of aromatic amines is 1. The van der Waals surface area contributed by atoms with Gasteiger partial charge in [0.15, 0.2) is 0 Å². The van der Waals surface area contributed by atoms with Crippen LogP contribution in [0.5, 0.6) is 0 Å². The highest BCUT2D eigenvalue weighted by molar-refractivity contribution is 5.54. The minimum atomic E-state index is -0.445. The maximum Gasteiger partial charge on any atom is 0.351 e. The second-order valence-corrected chi connectivity index (χ2v) is 3.57. The summed E-state index contributed by atoms with van der Waals surface area (Å²) < 4.78 is 0. The molecule has 0 aliphatic carbocycles. The Morgan fingerprint density at radius 3 is 2.53 bits per heavy atom. The molecule has 0 fully saturated rings. The minimum absolute atomic E-state index is 0.281. The topological polar surface area (TPSA) is 82.7 Å². The highest BCUT2D eigenvalue weighted by Crippen LogP contribution is 2.12. The fourth-order valence-electron chi connectivity index (χ4n) is 1.33. The molecule has 1 aromatic heterocycles. The molecule has 0 bridgehead atoms. The van der Waals surface area contributed by atoms with Gasteiger partial charge >= 0.3 is 5.69 Å². The normalized spacial score (nSPS) is 10.0. The van der Waals surface area contributed by atoms with Crippen LogP contribution in [0.1, 0.15) is 5.56 Å². The van der Waals surface area contributed by atoms with Crippen molar-refractivity contribution in [3.8, 4) is 0 Å². The molecule has 1 heterocycles. The molecule has 0 spiro atoms. The van der Waals surface area contributed by atoms with Crippen molar-refractivity contribution >= 4 is 17.6 Å². The second kappa shape index (κ2) is 4.65. The Kier molecular flexibility index (Phi) is 3.04. The van der Waals surface area contributed by atoms with Crippen molar-refractivity contribution in [1.29, 1.82) is 0 Å². The highest BCUT2D eigenvalue weighted by atomic mass is 16.1. The van der Waals surface area contributed by atoms with Crippen LogP contribution >= 0.6 is 0 Å². The lowest BCUT2D eigenvalue weighted by Gasteiger charge is -2.06. The van der Waals surface area contributed by atoms with E-state index in [2.05, 4.69) is 25.6 Å². The number of hydrogen-bond acceptors (Lipinski definition) is 5. The summed E-state index contributed by atoms with van der Waals surface area (Å²) in [6.07, 6.45) is 0. The molecule has 0 saturated heterocycles. The van der Waals surface area contributed by atoms with Gasteiger partial charge in [0.2, 0.25) is 11.9 Å². The standard InChI is InChI=1S/C11H13N5O/c1-7-3-5-8(6-4-7)13-10-14-9(12-2)15-11(17)16-10/h3-6H,1-2H3,(H3,12,13,14,15,16,17). The molecule has 17 heavy (non-hydrogen) atoms. The second-order valence-electron chi connectivity index (χ2n) is 3.57. The van der Waals surface area contributed by atoms with Gasteiger partial charge < -0.3 is 10.6 Å². The van der Waals surface area contributed by atoms with E-state index in [9.17, 15) is 4.79 Å². The quantitative estimate of drug-likeness (QED) is 0.740. The van der Waals surface area contributed by atoms with Crippen molar-refractivity contribution in [2.24, 2.45) is 0 Å². The fraction of sp³-hybridized carbons (Fsp3) is 0.182. The molecule has 0 aliphatic rings. The van der Waals surface area contributed by atoms with E-state index in [-0.39, 0.29) is 5.95 Å². The molecule has 0 aliphatic heterocycles. The lowest BCUT2D eigenvalue weighted by atomic mass is 10.2. The molecule has 6 nitrogen and oxygen atoms in total. The first kappa shape index (κ1) is 11.1. The molecule has 88 valence electrons. The van der Waals surface area contributed by atoms with E-state index in [1.54, 1.807) is 7.05 Å². The summed E-state index contributed by atoms with van der Waals surface area (Å²) in [5.74, 6) is 0.640. The van der Waals surface area contributed by atoms with Gasteiger partial charge in [0.1, 0.15) is 0 Å². The summed E-state index contributed by atoms with van der Waals surface area (Å²) in [4.78, 5) is 21.5. The molecule has 0 atom stereocenters. The van der Waals surface area contributed by atoms with Gasteiger partial charge in [-0.2, -0.15) is 9.97 Å². The molecule has 2 rings (SSSR count). The lowest BCUT2D eigenvalue weighted by Crippen LogP contribution is -2.16. The average Bonchev–Trinajstić information content (AvgIpc) is 2.31. The van der Waals surface area contributed by atoms with Crippen molar-refractivity contribution in [1.82, 2.24) is 15.0 Å². The van der Waals surface area contributed by atoms with Gasteiger partial charge in [-0.25, -0.2) is 4.79 Å². The summed E-state index contributed by atoms with van der Waals surface area (Å²) in [5.41, 5.74) is 1.58. The SMILES string of the molecule is CNc1nc(Nc2ccc(C)cc2)[nH]c(=O)n1. The predicted molar refractivity (Wildman–Crippen MR) is 66.7 cm³/mol. The zero-order valence-corrected chi connectivity index (χ0v) is 9.61. The first-order chi connectivity index (χ1) is 8.17. The molecule has 0 saturated carbocycles. The number of nitrogens with one attached hydrogen (secondary N) is 3. The van der Waals surface area contributed by atoms with Crippen LogP contribution in [-0.4, -0.2) is 22.0 Å². The molecule has 0 radical (unpaired) electrons. The number of rotatable bonds is 3. The third-order valence-corrected chi connectivity index (χ3v) is 2.19. The Morgan fingerprint density at radius 2 is 1.88 bits per heavy atom. The zero-order valence-electron chi connectivity index (χ0n) is 9.61. The Labute approximate surface area is 98.1 Å². The number of aromatic nitrogens is 3. The summed E-state index contributed by atoms with van der Waals surface area (Å²) in [7, 11) is 1.66. The summed E-state index contributed by atoms with van der Waals surface area (Å²) in [5, 5.41) is 5.72. The van der Waals surface area contributed by atoms with Crippen molar-refractivity contribution in [3.63, 3.8) is 0 Å². The third kappa shape index (κ3) is 2.81. The van der Waals surface area contributed by atoms with Crippen molar-refractivity contribution in [2.45, 2.75) is 6.92 Å².